The largest absolute Gasteiger partial charge is 0.491 e. The number of aryl methyl sites for hydroxylation is 2. The normalized spacial score (nSPS) is 12.2. The summed E-state index contributed by atoms with van der Waals surface area (Å²) < 4.78 is 8.16. The summed E-state index contributed by atoms with van der Waals surface area (Å²) in [4.78, 5) is 41.6. The molecule has 10 nitrogen and oxygen atoms in total. The Bertz CT molecular complexity index is 1170. The van der Waals surface area contributed by atoms with Crippen LogP contribution in [0.5, 0.6) is 5.75 Å². The average molecular weight is 420 g/mol. The van der Waals surface area contributed by atoms with Crippen LogP contribution in [0.4, 0.5) is 0 Å². The van der Waals surface area contributed by atoms with E-state index in [1.54, 1.807) is 6.07 Å². The molecule has 3 N–H and O–H groups in total. The average Bonchev–Trinajstić information content (AvgIpc) is 3.02. The van der Waals surface area contributed by atoms with Gasteiger partial charge < -0.3 is 19.5 Å². The third-order valence-electron chi connectivity index (χ3n) is 4.12. The minimum absolute atomic E-state index is 0.0458. The van der Waals surface area contributed by atoms with Gasteiger partial charge in [0, 0.05) is 7.05 Å². The lowest BCUT2D eigenvalue weighted by atomic mass is 10.2. The fourth-order valence-corrected chi connectivity index (χ4v) is 3.51. The standard InChI is InChI=1S/C18H20N4O6S/c1-10-4-3-5-12(6-10)28-8-11(23)7-22-14-15(19-18(22)29-9-13(24)25)21(2)17(27)20-16(14)26/h3-6,11,23H,7-9H2,1-2H3,(H,24,25)(H,20,26,27)/t11-/m1/s1. The maximum atomic E-state index is 12.4. The molecule has 0 unspecified atom stereocenters. The zero-order chi connectivity index (χ0) is 21.1. The van der Waals surface area contributed by atoms with Crippen molar-refractivity contribution >= 4 is 28.9 Å². The number of nitrogens with zero attached hydrogens (tertiary/aromatic N) is 3. The van der Waals surface area contributed by atoms with Crippen LogP contribution < -0.4 is 16.0 Å². The molecule has 154 valence electrons. The Morgan fingerprint density at radius 2 is 2.14 bits per heavy atom. The molecule has 0 aliphatic rings. The molecule has 0 amide bonds. The summed E-state index contributed by atoms with van der Waals surface area (Å²) in [5.74, 6) is -0.745. The first kappa shape index (κ1) is 20.7. The topological polar surface area (TPSA) is 139 Å². The molecule has 0 saturated heterocycles. The Hall–Kier alpha value is -3.05. The third-order valence-corrected chi connectivity index (χ3v) is 5.08. The fourth-order valence-electron chi connectivity index (χ4n) is 2.78. The van der Waals surface area contributed by atoms with Gasteiger partial charge in [0.2, 0.25) is 0 Å². The van der Waals surface area contributed by atoms with Crippen LogP contribution in [0, 0.1) is 6.92 Å². The smallest absolute Gasteiger partial charge is 0.329 e. The summed E-state index contributed by atoms with van der Waals surface area (Å²) in [6.45, 7) is 1.81. The van der Waals surface area contributed by atoms with Crippen LogP contribution in [0.25, 0.3) is 11.2 Å². The van der Waals surface area contributed by atoms with E-state index in [0.29, 0.717) is 5.75 Å². The third kappa shape index (κ3) is 4.69. The number of ether oxygens (including phenoxy) is 1. The summed E-state index contributed by atoms with van der Waals surface area (Å²) in [6, 6.07) is 7.35. The van der Waals surface area contributed by atoms with E-state index in [1.807, 2.05) is 25.1 Å². The number of aliphatic hydroxyl groups excluding tert-OH is 1. The molecule has 1 aromatic carbocycles. The number of thioether (sulfide) groups is 1. The number of hydrogen-bond donors (Lipinski definition) is 3. The van der Waals surface area contributed by atoms with Gasteiger partial charge in [-0.2, -0.15) is 0 Å². The first-order valence-corrected chi connectivity index (χ1v) is 9.66. The van der Waals surface area contributed by atoms with E-state index in [9.17, 15) is 19.5 Å². The van der Waals surface area contributed by atoms with Crippen molar-refractivity contribution in [2.45, 2.75) is 24.7 Å². The number of carbonyl (C=O) groups is 1. The maximum absolute atomic E-state index is 12.4. The van der Waals surface area contributed by atoms with E-state index >= 15 is 0 Å². The molecule has 2 aromatic heterocycles. The molecule has 0 spiro atoms. The van der Waals surface area contributed by atoms with Crippen molar-refractivity contribution in [3.8, 4) is 5.75 Å². The first-order valence-electron chi connectivity index (χ1n) is 8.68. The lowest BCUT2D eigenvalue weighted by molar-refractivity contribution is -0.133. The second kappa shape index (κ2) is 8.53. The molecular weight excluding hydrogens is 400 g/mol. The fraction of sp³-hybridized carbons (Fsp3) is 0.333. The predicted molar refractivity (Wildman–Crippen MR) is 107 cm³/mol. The van der Waals surface area contributed by atoms with Crippen molar-refractivity contribution in [3.63, 3.8) is 0 Å². The number of imidazole rings is 1. The van der Waals surface area contributed by atoms with Crippen molar-refractivity contribution in [2.24, 2.45) is 7.05 Å². The first-order chi connectivity index (χ1) is 13.8. The number of nitrogens with one attached hydrogen (secondary N) is 1. The second-order valence-electron chi connectivity index (χ2n) is 6.46. The Morgan fingerprint density at radius 3 is 2.83 bits per heavy atom. The van der Waals surface area contributed by atoms with Gasteiger partial charge in [-0.05, 0) is 24.6 Å². The van der Waals surface area contributed by atoms with Gasteiger partial charge in [0.15, 0.2) is 16.3 Å². The highest BCUT2D eigenvalue weighted by Gasteiger charge is 2.20. The molecule has 0 aliphatic heterocycles. The molecule has 2 heterocycles. The highest BCUT2D eigenvalue weighted by molar-refractivity contribution is 7.99. The Morgan fingerprint density at radius 1 is 1.38 bits per heavy atom. The summed E-state index contributed by atoms with van der Waals surface area (Å²) in [7, 11) is 1.45. The summed E-state index contributed by atoms with van der Waals surface area (Å²) in [6.07, 6.45) is -1.01. The van der Waals surface area contributed by atoms with Crippen LogP contribution in [0.1, 0.15) is 5.56 Å². The number of aliphatic carboxylic acids is 1. The van der Waals surface area contributed by atoms with Gasteiger partial charge in [0.1, 0.15) is 18.5 Å². The van der Waals surface area contributed by atoms with E-state index in [2.05, 4.69) is 9.97 Å². The number of hydrogen-bond acceptors (Lipinski definition) is 7. The number of fused-ring (bicyclic) bond motifs is 1. The molecule has 0 bridgehead atoms. The van der Waals surface area contributed by atoms with E-state index in [4.69, 9.17) is 9.84 Å². The van der Waals surface area contributed by atoms with Gasteiger partial charge in [0.25, 0.3) is 5.56 Å². The number of aromatic amines is 1. The number of aromatic nitrogens is 4. The molecule has 11 heteroatoms. The van der Waals surface area contributed by atoms with Gasteiger partial charge in [-0.15, -0.1) is 0 Å². The number of H-pyrrole nitrogens is 1. The SMILES string of the molecule is Cc1cccc(OC[C@H](O)Cn2c(SCC(=O)O)nc3c2c(=O)[nH]c(=O)n3C)c1. The zero-order valence-corrected chi connectivity index (χ0v) is 16.6. The van der Waals surface area contributed by atoms with Crippen LogP contribution in [-0.4, -0.2) is 53.7 Å². The molecule has 0 radical (unpaired) electrons. The number of carboxylic acid groups (broad SMARTS) is 1. The molecule has 0 aliphatic carbocycles. The van der Waals surface area contributed by atoms with E-state index < -0.39 is 23.3 Å². The van der Waals surface area contributed by atoms with Crippen molar-refractivity contribution in [1.29, 1.82) is 0 Å². The van der Waals surface area contributed by atoms with Crippen LogP contribution in [0.3, 0.4) is 0 Å². The predicted octanol–water partition coefficient (Wildman–Crippen LogP) is 0.348. The quantitative estimate of drug-likeness (QED) is 0.444. The number of rotatable bonds is 8. The van der Waals surface area contributed by atoms with Gasteiger partial charge in [-0.3, -0.25) is 19.1 Å². The van der Waals surface area contributed by atoms with Crippen LogP contribution in [0.2, 0.25) is 0 Å². The van der Waals surface area contributed by atoms with Gasteiger partial charge in [-0.25, -0.2) is 9.78 Å². The minimum Gasteiger partial charge on any atom is -0.491 e. The maximum Gasteiger partial charge on any atom is 0.329 e. The molecule has 1 atom stereocenters. The molecule has 0 fully saturated rings. The number of benzene rings is 1. The molecular formula is C18H20N4O6S. The van der Waals surface area contributed by atoms with Crippen molar-refractivity contribution in [3.05, 3.63) is 50.7 Å². The lowest BCUT2D eigenvalue weighted by Gasteiger charge is -2.15. The Labute approximate surface area is 168 Å². The number of carboxylic acids is 1. The van der Waals surface area contributed by atoms with Crippen LogP contribution in [-0.2, 0) is 18.4 Å². The monoisotopic (exact) mass is 420 g/mol. The van der Waals surface area contributed by atoms with Crippen molar-refractivity contribution in [2.75, 3.05) is 12.4 Å². The summed E-state index contributed by atoms with van der Waals surface area (Å²) in [5.41, 5.74) is -0.0970. The molecule has 3 aromatic rings. The molecule has 29 heavy (non-hydrogen) atoms. The Kier molecular flexibility index (Phi) is 6.09. The zero-order valence-electron chi connectivity index (χ0n) is 15.8. The van der Waals surface area contributed by atoms with Crippen LogP contribution in [0.15, 0.2) is 39.0 Å². The summed E-state index contributed by atoms with van der Waals surface area (Å²) >= 11 is 0.895. The highest BCUT2D eigenvalue weighted by Crippen LogP contribution is 2.22. The van der Waals surface area contributed by atoms with Gasteiger partial charge >= 0.3 is 11.7 Å². The van der Waals surface area contributed by atoms with Gasteiger partial charge in [0.05, 0.1) is 12.3 Å². The van der Waals surface area contributed by atoms with E-state index in [1.165, 1.54) is 11.6 Å². The van der Waals surface area contributed by atoms with Crippen LogP contribution >= 0.6 is 11.8 Å². The second-order valence-corrected chi connectivity index (χ2v) is 7.40. The minimum atomic E-state index is -1.06. The van der Waals surface area contributed by atoms with Crippen molar-refractivity contribution < 1.29 is 19.7 Å². The highest BCUT2D eigenvalue weighted by atomic mass is 32.2. The lowest BCUT2D eigenvalue weighted by Crippen LogP contribution is -2.30. The van der Waals surface area contributed by atoms with Crippen molar-refractivity contribution in [1.82, 2.24) is 19.1 Å². The van der Waals surface area contributed by atoms with E-state index in [-0.39, 0.29) is 35.2 Å². The van der Waals surface area contributed by atoms with Gasteiger partial charge in [-0.1, -0.05) is 23.9 Å². The Balaban J connectivity index is 1.90. The summed E-state index contributed by atoms with van der Waals surface area (Å²) in [5, 5.41) is 19.6. The molecule has 0 saturated carbocycles. The van der Waals surface area contributed by atoms with E-state index in [0.717, 1.165) is 21.9 Å². The number of aliphatic hydroxyl groups is 1. The molecule has 3 rings (SSSR count).